The first-order valence-corrected chi connectivity index (χ1v) is 15.8. The molecule has 2 saturated heterocycles. The van der Waals surface area contributed by atoms with Crippen LogP contribution in [-0.4, -0.2) is 81.9 Å². The van der Waals surface area contributed by atoms with Gasteiger partial charge in [-0.3, -0.25) is 14.6 Å². The average molecular weight is 601 g/mol. The van der Waals surface area contributed by atoms with Gasteiger partial charge in [0.2, 0.25) is 5.91 Å². The van der Waals surface area contributed by atoms with Gasteiger partial charge in [0.25, 0.3) is 5.91 Å². The van der Waals surface area contributed by atoms with Crippen LogP contribution in [-0.2, 0) is 11.2 Å². The summed E-state index contributed by atoms with van der Waals surface area (Å²) < 4.78 is 16.3. The van der Waals surface area contributed by atoms with Gasteiger partial charge in [-0.1, -0.05) is 0 Å². The number of hydrogen-bond donors (Lipinski definition) is 0. The zero-order chi connectivity index (χ0) is 31.8. The van der Waals surface area contributed by atoms with Crippen molar-refractivity contribution < 1.29 is 14.0 Å². The summed E-state index contributed by atoms with van der Waals surface area (Å²) in [6.07, 6.45) is 9.85. The molecule has 0 N–H and O–H groups in total. The van der Waals surface area contributed by atoms with E-state index in [9.17, 15) is 19.2 Å². The van der Waals surface area contributed by atoms with Crippen molar-refractivity contribution in [3.63, 3.8) is 0 Å². The maximum Gasteiger partial charge on any atom is 0.256 e. The minimum atomic E-state index is -0.963. The number of nitriles is 1. The smallest absolute Gasteiger partial charge is 0.256 e. The number of hydrogen-bond acceptors (Lipinski definition) is 5. The molecule has 2 fully saturated rings. The standard InChI is InChI=1S/C35H45FN6O2/c1-23(2)39(6)33(43)29-16-28(36)7-8-30(29)42-19-24(3)32-27(17-38-18-31(32)42)15-26-9-12-40(21-26)20-25-10-13-41(14-11-25)34(44)35(4,5)22-37/h7-8,16-19,23,25-26H,9-15,20-21H2,1-6H3. The lowest BCUT2D eigenvalue weighted by Gasteiger charge is -2.36. The van der Waals surface area contributed by atoms with E-state index in [0.717, 1.165) is 74.9 Å². The summed E-state index contributed by atoms with van der Waals surface area (Å²) in [6.45, 7) is 14.0. The topological polar surface area (TPSA) is 85.5 Å². The van der Waals surface area contributed by atoms with E-state index < -0.39 is 11.2 Å². The van der Waals surface area contributed by atoms with Crippen LogP contribution in [0.4, 0.5) is 4.39 Å². The highest BCUT2D eigenvalue weighted by molar-refractivity contribution is 5.99. The van der Waals surface area contributed by atoms with Gasteiger partial charge >= 0.3 is 0 Å². The van der Waals surface area contributed by atoms with Crippen molar-refractivity contribution in [1.29, 1.82) is 5.26 Å². The molecular formula is C35H45FN6O2. The average Bonchev–Trinajstić information content (AvgIpc) is 3.59. The maximum atomic E-state index is 14.4. The molecular weight excluding hydrogens is 555 g/mol. The van der Waals surface area contributed by atoms with Crippen LogP contribution >= 0.6 is 0 Å². The number of fused-ring (bicyclic) bond motifs is 1. The Morgan fingerprint density at radius 2 is 1.84 bits per heavy atom. The maximum absolute atomic E-state index is 14.4. The SMILES string of the molecule is Cc1cn(-c2ccc(F)cc2C(=O)N(C)C(C)C)c2cncc(CC3CCN(CC4CCN(C(=O)C(C)(C)C#N)CC4)C3)c12. The molecule has 2 aromatic heterocycles. The van der Waals surface area contributed by atoms with Crippen molar-refractivity contribution in [2.24, 2.45) is 17.3 Å². The van der Waals surface area contributed by atoms with Crippen molar-refractivity contribution in [2.45, 2.75) is 66.3 Å². The van der Waals surface area contributed by atoms with Gasteiger partial charge in [-0.05, 0) is 108 Å². The number of piperidine rings is 1. The normalized spacial score (nSPS) is 18.2. The van der Waals surface area contributed by atoms with E-state index >= 15 is 0 Å². The minimum absolute atomic E-state index is 0.0140. The molecule has 8 nitrogen and oxygen atoms in total. The molecule has 4 heterocycles. The van der Waals surface area contributed by atoms with E-state index in [1.54, 1.807) is 31.9 Å². The molecule has 0 radical (unpaired) electrons. The molecule has 0 aliphatic carbocycles. The number of rotatable bonds is 8. The van der Waals surface area contributed by atoms with Gasteiger partial charge in [-0.15, -0.1) is 0 Å². The molecule has 0 spiro atoms. The van der Waals surface area contributed by atoms with E-state index in [2.05, 4.69) is 22.9 Å². The number of carbonyl (C=O) groups is 2. The van der Waals surface area contributed by atoms with Crippen molar-refractivity contribution in [2.75, 3.05) is 39.8 Å². The highest BCUT2D eigenvalue weighted by atomic mass is 19.1. The van der Waals surface area contributed by atoms with Crippen LogP contribution in [0.5, 0.6) is 0 Å². The summed E-state index contributed by atoms with van der Waals surface area (Å²) in [4.78, 5) is 36.7. The molecule has 5 rings (SSSR count). The number of likely N-dealkylation sites (tertiary alicyclic amines) is 2. The predicted octanol–water partition coefficient (Wildman–Crippen LogP) is 5.61. The summed E-state index contributed by atoms with van der Waals surface area (Å²) in [5, 5.41) is 10.5. The van der Waals surface area contributed by atoms with Gasteiger partial charge in [0.05, 0.1) is 29.0 Å². The second kappa shape index (κ2) is 12.7. The van der Waals surface area contributed by atoms with Crippen LogP contribution in [0.15, 0.2) is 36.8 Å². The molecule has 2 amide bonds. The van der Waals surface area contributed by atoms with Crippen LogP contribution in [0.3, 0.4) is 0 Å². The van der Waals surface area contributed by atoms with Crippen molar-refractivity contribution in [3.05, 3.63) is 59.3 Å². The fraction of sp³-hybridized carbons (Fsp3) is 0.543. The highest BCUT2D eigenvalue weighted by Crippen LogP contribution is 2.33. The van der Waals surface area contributed by atoms with Gasteiger partial charge in [0.15, 0.2) is 0 Å². The molecule has 234 valence electrons. The Balaban J connectivity index is 1.28. The predicted molar refractivity (Wildman–Crippen MR) is 170 cm³/mol. The lowest BCUT2D eigenvalue weighted by atomic mass is 9.90. The summed E-state index contributed by atoms with van der Waals surface area (Å²) in [5.41, 5.74) is 3.24. The first kappa shape index (κ1) is 31.6. The van der Waals surface area contributed by atoms with Gasteiger partial charge < -0.3 is 19.3 Å². The van der Waals surface area contributed by atoms with Crippen LogP contribution in [0.1, 0.15) is 68.4 Å². The summed E-state index contributed by atoms with van der Waals surface area (Å²) in [7, 11) is 1.74. The third kappa shape index (κ3) is 6.37. The molecule has 0 saturated carbocycles. The van der Waals surface area contributed by atoms with Gasteiger partial charge in [-0.25, -0.2) is 4.39 Å². The summed E-state index contributed by atoms with van der Waals surface area (Å²) in [5.74, 6) is 0.371. The molecule has 44 heavy (non-hydrogen) atoms. The van der Waals surface area contributed by atoms with Crippen LogP contribution in [0.2, 0.25) is 0 Å². The Kier molecular flexibility index (Phi) is 9.12. The highest BCUT2D eigenvalue weighted by Gasteiger charge is 2.35. The van der Waals surface area contributed by atoms with E-state index in [0.29, 0.717) is 23.1 Å². The summed E-state index contributed by atoms with van der Waals surface area (Å²) in [6, 6.07) is 6.54. The number of nitrogens with zero attached hydrogens (tertiary/aromatic N) is 6. The molecule has 2 aliphatic heterocycles. The number of benzene rings is 1. The third-order valence-corrected chi connectivity index (χ3v) is 9.64. The Hall–Kier alpha value is -3.77. The van der Waals surface area contributed by atoms with E-state index in [1.807, 2.05) is 41.9 Å². The zero-order valence-electron chi connectivity index (χ0n) is 26.9. The number of aromatic nitrogens is 2. The molecule has 1 aromatic carbocycles. The van der Waals surface area contributed by atoms with Crippen molar-refractivity contribution in [3.8, 4) is 11.8 Å². The largest absolute Gasteiger partial charge is 0.341 e. The number of amides is 2. The zero-order valence-corrected chi connectivity index (χ0v) is 26.9. The Morgan fingerprint density at radius 1 is 1.14 bits per heavy atom. The van der Waals surface area contributed by atoms with Crippen LogP contribution in [0, 0.1) is 41.3 Å². The van der Waals surface area contributed by atoms with Crippen molar-refractivity contribution >= 4 is 22.7 Å². The van der Waals surface area contributed by atoms with Crippen LogP contribution < -0.4 is 0 Å². The van der Waals surface area contributed by atoms with Gasteiger partial charge in [-0.2, -0.15) is 5.26 Å². The molecule has 1 unspecified atom stereocenters. The summed E-state index contributed by atoms with van der Waals surface area (Å²) >= 11 is 0. The van der Waals surface area contributed by atoms with Gasteiger partial charge in [0.1, 0.15) is 11.2 Å². The number of halogens is 1. The Labute approximate surface area is 260 Å². The number of pyridine rings is 1. The van der Waals surface area contributed by atoms with E-state index in [-0.39, 0.29) is 17.9 Å². The number of aryl methyl sites for hydroxylation is 1. The Bertz CT molecular complexity index is 1580. The minimum Gasteiger partial charge on any atom is -0.341 e. The fourth-order valence-corrected chi connectivity index (χ4v) is 6.81. The molecule has 0 bridgehead atoms. The molecule has 1 atom stereocenters. The second-order valence-corrected chi connectivity index (χ2v) is 13.6. The molecule has 9 heteroatoms. The van der Waals surface area contributed by atoms with Gasteiger partial charge in [0, 0.05) is 57.0 Å². The quantitative estimate of drug-likeness (QED) is 0.336. The second-order valence-electron chi connectivity index (χ2n) is 13.6. The molecule has 2 aliphatic rings. The molecule has 3 aromatic rings. The van der Waals surface area contributed by atoms with Crippen molar-refractivity contribution in [1.82, 2.24) is 24.3 Å². The van der Waals surface area contributed by atoms with E-state index in [1.165, 1.54) is 17.7 Å². The number of carbonyl (C=O) groups excluding carboxylic acids is 2. The fourth-order valence-electron chi connectivity index (χ4n) is 6.81. The Morgan fingerprint density at radius 3 is 2.52 bits per heavy atom. The first-order chi connectivity index (χ1) is 20.9. The monoisotopic (exact) mass is 600 g/mol. The third-order valence-electron chi connectivity index (χ3n) is 9.64. The van der Waals surface area contributed by atoms with E-state index in [4.69, 9.17) is 0 Å². The lowest BCUT2D eigenvalue weighted by molar-refractivity contribution is -0.139. The lowest BCUT2D eigenvalue weighted by Crippen LogP contribution is -2.46. The first-order valence-electron chi connectivity index (χ1n) is 15.8. The van der Waals surface area contributed by atoms with Crippen LogP contribution in [0.25, 0.3) is 16.6 Å².